The Morgan fingerprint density at radius 1 is 1.11 bits per heavy atom. The predicted molar refractivity (Wildman–Crippen MR) is 69.1 cm³/mol. The first-order valence-corrected chi connectivity index (χ1v) is 6.02. The fourth-order valence-corrected chi connectivity index (χ4v) is 1.79. The molecule has 0 spiro atoms. The molecule has 3 aromatic rings. The molecule has 0 fully saturated rings. The van der Waals surface area contributed by atoms with E-state index >= 15 is 0 Å². The Labute approximate surface area is 109 Å². The molecule has 19 heavy (non-hydrogen) atoms. The maximum absolute atomic E-state index is 5.01. The van der Waals surface area contributed by atoms with Crippen molar-refractivity contribution in [3.8, 4) is 0 Å². The largest absolute Gasteiger partial charge is 0.338 e. The van der Waals surface area contributed by atoms with E-state index in [9.17, 15) is 0 Å². The van der Waals surface area contributed by atoms with Gasteiger partial charge in [0, 0.05) is 6.54 Å². The van der Waals surface area contributed by atoms with Gasteiger partial charge in [-0.2, -0.15) is 4.98 Å². The molecule has 0 radical (unpaired) electrons. The van der Waals surface area contributed by atoms with Crippen LogP contribution in [0.15, 0.2) is 35.0 Å². The minimum Gasteiger partial charge on any atom is -0.338 e. The lowest BCUT2D eigenvalue weighted by molar-refractivity contribution is 0.364. The molecule has 0 aliphatic rings. The molecule has 0 amide bonds. The van der Waals surface area contributed by atoms with E-state index in [4.69, 9.17) is 4.52 Å². The monoisotopic (exact) mass is 255 g/mol. The van der Waals surface area contributed by atoms with E-state index < -0.39 is 0 Å². The number of aryl methyl sites for hydroxylation is 1. The molecule has 0 aliphatic heterocycles. The average molecular weight is 255 g/mol. The molecule has 96 valence electrons. The van der Waals surface area contributed by atoms with Crippen molar-refractivity contribution in [2.24, 2.45) is 0 Å². The minimum atomic E-state index is 0.523. The Kier molecular flexibility index (Phi) is 3.16. The molecular formula is C13H13N5O. The molecule has 0 unspecified atom stereocenters. The normalized spacial score (nSPS) is 11.0. The number of hydrogen-bond donors (Lipinski definition) is 1. The summed E-state index contributed by atoms with van der Waals surface area (Å²) in [5.74, 6) is 1.22. The Bertz CT molecular complexity index is 694. The first kappa shape index (κ1) is 11.7. The molecule has 0 saturated carbocycles. The summed E-state index contributed by atoms with van der Waals surface area (Å²) in [6, 6.07) is 7.80. The van der Waals surface area contributed by atoms with Crippen molar-refractivity contribution in [2.45, 2.75) is 20.0 Å². The van der Waals surface area contributed by atoms with Crippen LogP contribution in [0.25, 0.3) is 11.0 Å². The molecule has 0 bridgehead atoms. The minimum absolute atomic E-state index is 0.523. The molecule has 1 N–H and O–H groups in total. The lowest BCUT2D eigenvalue weighted by Gasteiger charge is -2.02. The summed E-state index contributed by atoms with van der Waals surface area (Å²) in [7, 11) is 0. The molecule has 0 aliphatic carbocycles. The van der Waals surface area contributed by atoms with Crippen LogP contribution < -0.4 is 5.32 Å². The van der Waals surface area contributed by atoms with Gasteiger partial charge < -0.3 is 9.84 Å². The molecular weight excluding hydrogens is 242 g/mol. The predicted octanol–water partition coefficient (Wildman–Crippen LogP) is 1.61. The standard InChI is InChI=1S/C13H13N5O/c1-9-16-13(19-18-9)8-14-6-10-7-15-11-4-2-3-5-12(11)17-10/h2-5,7,14H,6,8H2,1H3. The number of nitrogens with one attached hydrogen (secondary N) is 1. The third-order valence-corrected chi connectivity index (χ3v) is 2.65. The van der Waals surface area contributed by atoms with Crippen LogP contribution in [0, 0.1) is 6.92 Å². The molecule has 6 nitrogen and oxygen atoms in total. The van der Waals surface area contributed by atoms with Gasteiger partial charge in [0.25, 0.3) is 0 Å². The Balaban J connectivity index is 1.65. The number of fused-ring (bicyclic) bond motifs is 1. The zero-order chi connectivity index (χ0) is 13.1. The molecule has 3 rings (SSSR count). The summed E-state index contributed by atoms with van der Waals surface area (Å²) in [6.07, 6.45) is 1.77. The van der Waals surface area contributed by atoms with E-state index in [0.29, 0.717) is 24.8 Å². The molecule has 2 heterocycles. The molecule has 2 aromatic heterocycles. The van der Waals surface area contributed by atoms with Gasteiger partial charge in [0.05, 0.1) is 29.5 Å². The number of para-hydroxylation sites is 2. The van der Waals surface area contributed by atoms with Crippen LogP contribution in [0.2, 0.25) is 0 Å². The van der Waals surface area contributed by atoms with Crippen molar-refractivity contribution >= 4 is 11.0 Å². The Morgan fingerprint density at radius 2 is 1.95 bits per heavy atom. The fourth-order valence-electron chi connectivity index (χ4n) is 1.79. The van der Waals surface area contributed by atoms with Crippen LogP contribution in [-0.2, 0) is 13.1 Å². The summed E-state index contributed by atoms with van der Waals surface area (Å²) >= 11 is 0. The second kappa shape index (κ2) is 5.11. The zero-order valence-electron chi connectivity index (χ0n) is 10.5. The molecule has 0 saturated heterocycles. The number of benzene rings is 1. The number of rotatable bonds is 4. The molecule has 6 heteroatoms. The Hall–Kier alpha value is -2.34. The van der Waals surface area contributed by atoms with E-state index in [2.05, 4.69) is 25.4 Å². The van der Waals surface area contributed by atoms with Crippen molar-refractivity contribution in [3.63, 3.8) is 0 Å². The van der Waals surface area contributed by atoms with Crippen molar-refractivity contribution < 1.29 is 4.52 Å². The highest BCUT2D eigenvalue weighted by molar-refractivity contribution is 5.73. The first-order valence-electron chi connectivity index (χ1n) is 6.02. The molecule has 1 aromatic carbocycles. The lowest BCUT2D eigenvalue weighted by atomic mass is 10.3. The zero-order valence-corrected chi connectivity index (χ0v) is 10.5. The highest BCUT2D eigenvalue weighted by Gasteiger charge is 2.03. The summed E-state index contributed by atoms with van der Waals surface area (Å²) in [5.41, 5.74) is 2.68. The summed E-state index contributed by atoms with van der Waals surface area (Å²) in [4.78, 5) is 13.0. The van der Waals surface area contributed by atoms with E-state index in [1.54, 1.807) is 13.1 Å². The topological polar surface area (TPSA) is 76.7 Å². The summed E-state index contributed by atoms with van der Waals surface area (Å²) in [5, 5.41) is 6.93. The third kappa shape index (κ3) is 2.74. The van der Waals surface area contributed by atoms with E-state index in [-0.39, 0.29) is 0 Å². The van der Waals surface area contributed by atoms with Gasteiger partial charge in [0.2, 0.25) is 5.89 Å². The first-order chi connectivity index (χ1) is 9.31. The van der Waals surface area contributed by atoms with Gasteiger partial charge in [-0.1, -0.05) is 17.3 Å². The van der Waals surface area contributed by atoms with Gasteiger partial charge in [-0.3, -0.25) is 4.98 Å². The number of hydrogen-bond acceptors (Lipinski definition) is 6. The lowest BCUT2D eigenvalue weighted by Crippen LogP contribution is -2.14. The highest BCUT2D eigenvalue weighted by Crippen LogP contribution is 2.08. The van der Waals surface area contributed by atoms with Crippen molar-refractivity contribution in [1.29, 1.82) is 0 Å². The van der Waals surface area contributed by atoms with Gasteiger partial charge in [-0.15, -0.1) is 0 Å². The van der Waals surface area contributed by atoms with Crippen LogP contribution >= 0.6 is 0 Å². The van der Waals surface area contributed by atoms with Crippen LogP contribution in [0.1, 0.15) is 17.4 Å². The van der Waals surface area contributed by atoms with Gasteiger partial charge in [0.1, 0.15) is 0 Å². The molecule has 0 atom stereocenters. The summed E-state index contributed by atoms with van der Waals surface area (Å²) in [6.45, 7) is 2.93. The van der Waals surface area contributed by atoms with Crippen molar-refractivity contribution in [2.75, 3.05) is 0 Å². The van der Waals surface area contributed by atoms with Crippen molar-refractivity contribution in [1.82, 2.24) is 25.4 Å². The van der Waals surface area contributed by atoms with Gasteiger partial charge >= 0.3 is 0 Å². The average Bonchev–Trinajstić information content (AvgIpc) is 2.84. The van der Waals surface area contributed by atoms with E-state index in [1.807, 2.05) is 24.3 Å². The summed E-state index contributed by atoms with van der Waals surface area (Å²) < 4.78 is 5.01. The van der Waals surface area contributed by atoms with Gasteiger partial charge in [0.15, 0.2) is 5.82 Å². The maximum atomic E-state index is 5.01. The van der Waals surface area contributed by atoms with Crippen LogP contribution in [0.4, 0.5) is 0 Å². The van der Waals surface area contributed by atoms with Crippen LogP contribution in [0.3, 0.4) is 0 Å². The van der Waals surface area contributed by atoms with Gasteiger partial charge in [-0.05, 0) is 19.1 Å². The van der Waals surface area contributed by atoms with E-state index in [0.717, 1.165) is 16.7 Å². The van der Waals surface area contributed by atoms with Gasteiger partial charge in [-0.25, -0.2) is 4.98 Å². The quantitative estimate of drug-likeness (QED) is 0.763. The SMILES string of the molecule is Cc1noc(CNCc2cnc3ccccc3n2)n1. The maximum Gasteiger partial charge on any atom is 0.240 e. The van der Waals surface area contributed by atoms with Crippen molar-refractivity contribution in [3.05, 3.63) is 47.9 Å². The highest BCUT2D eigenvalue weighted by atomic mass is 16.5. The van der Waals surface area contributed by atoms with Crippen LogP contribution in [-0.4, -0.2) is 20.1 Å². The third-order valence-electron chi connectivity index (χ3n) is 2.65. The fraction of sp³-hybridized carbons (Fsp3) is 0.231. The number of aromatic nitrogens is 4. The smallest absolute Gasteiger partial charge is 0.240 e. The van der Waals surface area contributed by atoms with Crippen LogP contribution in [0.5, 0.6) is 0 Å². The second-order valence-electron chi connectivity index (χ2n) is 4.19. The second-order valence-corrected chi connectivity index (χ2v) is 4.19. The van der Waals surface area contributed by atoms with E-state index in [1.165, 1.54) is 0 Å². The number of nitrogens with zero attached hydrogens (tertiary/aromatic N) is 4. The Morgan fingerprint density at radius 3 is 2.74 bits per heavy atom.